The zero-order chi connectivity index (χ0) is 20.8. The monoisotopic (exact) mass is 399 g/mol. The molecule has 0 aromatic carbocycles. The van der Waals surface area contributed by atoms with Crippen LogP contribution in [0.15, 0.2) is 16.8 Å². The van der Waals surface area contributed by atoms with Crippen molar-refractivity contribution in [3.8, 4) is 0 Å². The smallest absolute Gasteiger partial charge is 0.0830 e. The Labute approximate surface area is 179 Å². The average molecular weight is 400 g/mol. The highest BCUT2D eigenvalue weighted by atomic mass is 16.4. The van der Waals surface area contributed by atoms with Crippen molar-refractivity contribution >= 4 is 5.71 Å². The lowest BCUT2D eigenvalue weighted by Crippen LogP contribution is -2.51. The van der Waals surface area contributed by atoms with Crippen LogP contribution in [0, 0.1) is 46.3 Å². The van der Waals surface area contributed by atoms with Crippen molar-refractivity contribution < 1.29 is 5.21 Å². The number of nitrogens with zero attached hydrogens (tertiary/aromatic N) is 1. The number of oxime groups is 1. The van der Waals surface area contributed by atoms with E-state index in [2.05, 4.69) is 45.9 Å². The molecule has 0 spiro atoms. The van der Waals surface area contributed by atoms with Gasteiger partial charge in [0.05, 0.1) is 5.71 Å². The van der Waals surface area contributed by atoms with Crippen LogP contribution >= 0.6 is 0 Å². The molecule has 0 unspecified atom stereocenters. The second kappa shape index (κ2) is 8.04. The first-order chi connectivity index (χ1) is 13.8. The van der Waals surface area contributed by atoms with Crippen molar-refractivity contribution in [2.24, 2.45) is 51.5 Å². The number of allylic oxidation sites excluding steroid dienone is 2. The van der Waals surface area contributed by atoms with Crippen LogP contribution in [0.5, 0.6) is 0 Å². The molecule has 0 radical (unpaired) electrons. The molecule has 7 atom stereocenters. The quantitative estimate of drug-likeness (QED) is 0.370. The zero-order valence-corrected chi connectivity index (χ0v) is 19.7. The van der Waals surface area contributed by atoms with Crippen LogP contribution in [0.1, 0.15) is 105 Å². The first kappa shape index (κ1) is 21.4. The van der Waals surface area contributed by atoms with Gasteiger partial charge in [0.25, 0.3) is 0 Å². The molecule has 2 heteroatoms. The predicted octanol–water partition coefficient (Wildman–Crippen LogP) is 7.86. The van der Waals surface area contributed by atoms with E-state index in [0.717, 1.165) is 47.6 Å². The van der Waals surface area contributed by atoms with Crippen LogP contribution in [0.2, 0.25) is 0 Å². The predicted molar refractivity (Wildman–Crippen MR) is 122 cm³/mol. The average Bonchev–Trinajstić information content (AvgIpc) is 3.03. The molecule has 0 aliphatic heterocycles. The third-order valence-electron chi connectivity index (χ3n) is 10.2. The Kier molecular flexibility index (Phi) is 5.95. The summed E-state index contributed by atoms with van der Waals surface area (Å²) in [4.78, 5) is 0. The molecule has 0 saturated heterocycles. The Morgan fingerprint density at radius 1 is 1.07 bits per heavy atom. The first-order valence-corrected chi connectivity index (χ1v) is 12.7. The van der Waals surface area contributed by atoms with Gasteiger partial charge in [0.1, 0.15) is 0 Å². The van der Waals surface area contributed by atoms with Gasteiger partial charge in [0, 0.05) is 0 Å². The molecular formula is C27H45NO. The lowest BCUT2D eigenvalue weighted by molar-refractivity contribution is -0.0455. The largest absolute Gasteiger partial charge is 0.411 e. The molecule has 0 amide bonds. The van der Waals surface area contributed by atoms with Crippen molar-refractivity contribution in [2.75, 3.05) is 0 Å². The molecule has 2 nitrogen and oxygen atoms in total. The molecule has 0 aromatic heterocycles. The van der Waals surface area contributed by atoms with Crippen LogP contribution in [-0.4, -0.2) is 10.9 Å². The summed E-state index contributed by atoms with van der Waals surface area (Å²) in [6.45, 7) is 12.5. The van der Waals surface area contributed by atoms with Gasteiger partial charge in [0.15, 0.2) is 0 Å². The Morgan fingerprint density at radius 3 is 2.59 bits per heavy atom. The van der Waals surface area contributed by atoms with Crippen LogP contribution in [0.25, 0.3) is 0 Å². The first-order valence-electron chi connectivity index (χ1n) is 12.7. The summed E-state index contributed by atoms with van der Waals surface area (Å²) in [5, 5.41) is 13.3. The fourth-order valence-corrected chi connectivity index (χ4v) is 8.75. The summed E-state index contributed by atoms with van der Waals surface area (Å²) < 4.78 is 0. The molecule has 1 N–H and O–H groups in total. The van der Waals surface area contributed by atoms with Crippen LogP contribution < -0.4 is 0 Å². The maximum Gasteiger partial charge on any atom is 0.0830 e. The highest BCUT2D eigenvalue weighted by Crippen LogP contribution is 2.67. The van der Waals surface area contributed by atoms with E-state index < -0.39 is 0 Å². The lowest BCUT2D eigenvalue weighted by atomic mass is 9.47. The van der Waals surface area contributed by atoms with Gasteiger partial charge in [-0.2, -0.15) is 0 Å². The third kappa shape index (κ3) is 3.51. The highest BCUT2D eigenvalue weighted by Gasteiger charge is 2.59. The SMILES string of the molecule is CC(C)CCC[C@@H](C)[C@H]1CC[C@H]2[C@@H]3CC=C4/C(=N/O)CCC[C@]4(C)[C@H]3CC[C@]12C. The van der Waals surface area contributed by atoms with Crippen molar-refractivity contribution in [1.82, 2.24) is 0 Å². The maximum atomic E-state index is 9.58. The standard InChI is InChI=1S/C27H45NO/c1-18(2)8-6-9-19(3)21-13-14-22-20-11-12-24-25(28-29)10-7-16-26(24,4)23(20)15-17-27(21,22)5/h12,18-23,29H,6-11,13-17H2,1-5H3/b28-25+/t19-,20+,21-,22+,23+,26-,27-/m1/s1. The van der Waals surface area contributed by atoms with Crippen LogP contribution in [0.3, 0.4) is 0 Å². The summed E-state index contributed by atoms with van der Waals surface area (Å²) in [6.07, 6.45) is 17.1. The summed E-state index contributed by atoms with van der Waals surface area (Å²) >= 11 is 0. The minimum absolute atomic E-state index is 0.255. The van der Waals surface area contributed by atoms with Crippen LogP contribution in [0.4, 0.5) is 0 Å². The van der Waals surface area contributed by atoms with Gasteiger partial charge in [-0.15, -0.1) is 0 Å². The fraction of sp³-hybridized carbons (Fsp3) is 0.889. The van der Waals surface area contributed by atoms with E-state index in [-0.39, 0.29) is 5.41 Å². The highest BCUT2D eigenvalue weighted by molar-refractivity contribution is 6.01. The van der Waals surface area contributed by atoms with Gasteiger partial charge >= 0.3 is 0 Å². The third-order valence-corrected chi connectivity index (χ3v) is 10.2. The molecule has 0 bridgehead atoms. The molecule has 0 heterocycles. The van der Waals surface area contributed by atoms with Gasteiger partial charge in [-0.05, 0) is 103 Å². The van der Waals surface area contributed by atoms with Crippen molar-refractivity contribution in [1.29, 1.82) is 0 Å². The van der Waals surface area contributed by atoms with E-state index in [0.29, 0.717) is 5.41 Å². The van der Waals surface area contributed by atoms with Crippen molar-refractivity contribution in [2.45, 2.75) is 105 Å². The van der Waals surface area contributed by atoms with E-state index in [1.807, 2.05) is 0 Å². The molecule has 4 aliphatic rings. The molecule has 4 aliphatic carbocycles. The Hall–Kier alpha value is -0.790. The molecule has 0 aromatic rings. The van der Waals surface area contributed by atoms with Gasteiger partial charge in [-0.3, -0.25) is 0 Å². The van der Waals surface area contributed by atoms with E-state index in [1.54, 1.807) is 0 Å². The van der Waals surface area contributed by atoms with Crippen LogP contribution in [-0.2, 0) is 0 Å². The Balaban J connectivity index is 1.52. The Morgan fingerprint density at radius 2 is 1.86 bits per heavy atom. The van der Waals surface area contributed by atoms with Crippen molar-refractivity contribution in [3.63, 3.8) is 0 Å². The molecule has 3 saturated carbocycles. The Bertz CT molecular complexity index is 663. The molecule has 29 heavy (non-hydrogen) atoms. The number of fused-ring (bicyclic) bond motifs is 5. The van der Waals surface area contributed by atoms with Gasteiger partial charge < -0.3 is 5.21 Å². The van der Waals surface area contributed by atoms with E-state index >= 15 is 0 Å². The minimum Gasteiger partial charge on any atom is -0.411 e. The number of hydrogen-bond acceptors (Lipinski definition) is 2. The fourth-order valence-electron chi connectivity index (χ4n) is 8.75. The van der Waals surface area contributed by atoms with E-state index in [9.17, 15) is 5.21 Å². The summed E-state index contributed by atoms with van der Waals surface area (Å²) in [6, 6.07) is 0. The van der Waals surface area contributed by atoms with Gasteiger partial charge in [-0.25, -0.2) is 0 Å². The molecular weight excluding hydrogens is 354 g/mol. The topological polar surface area (TPSA) is 32.6 Å². The van der Waals surface area contributed by atoms with E-state index in [4.69, 9.17) is 0 Å². The van der Waals surface area contributed by atoms with Gasteiger partial charge in [0.2, 0.25) is 0 Å². The molecule has 4 rings (SSSR count). The minimum atomic E-state index is 0.255. The normalized spacial score (nSPS) is 44.2. The molecule has 164 valence electrons. The summed E-state index contributed by atoms with van der Waals surface area (Å²) in [7, 11) is 0. The molecule has 3 fully saturated rings. The second-order valence-electron chi connectivity index (χ2n) is 12.1. The summed E-state index contributed by atoms with van der Waals surface area (Å²) in [5.74, 6) is 5.22. The second-order valence-corrected chi connectivity index (χ2v) is 12.1. The zero-order valence-electron chi connectivity index (χ0n) is 19.7. The van der Waals surface area contributed by atoms with Crippen molar-refractivity contribution in [3.05, 3.63) is 11.6 Å². The number of hydrogen-bond donors (Lipinski definition) is 1. The van der Waals surface area contributed by atoms with Gasteiger partial charge in [-0.1, -0.05) is 65.1 Å². The lowest BCUT2D eigenvalue weighted by Gasteiger charge is -2.58. The van der Waals surface area contributed by atoms with E-state index in [1.165, 1.54) is 69.8 Å². The maximum absolute atomic E-state index is 9.58. The summed E-state index contributed by atoms with van der Waals surface area (Å²) in [5.41, 5.74) is 3.22. The number of rotatable bonds is 5.